The molecule has 4 nitrogen and oxygen atoms in total. The number of likely N-dealkylation sites (tertiary alicyclic amines) is 1. The first-order chi connectivity index (χ1) is 13.2. The molecule has 1 aromatic heterocycles. The van der Waals surface area contributed by atoms with Gasteiger partial charge >= 0.3 is 0 Å². The summed E-state index contributed by atoms with van der Waals surface area (Å²) in [6.45, 7) is 5.86. The minimum Gasteiger partial charge on any atom is -0.381 e. The van der Waals surface area contributed by atoms with Gasteiger partial charge in [0.1, 0.15) is 0 Å². The summed E-state index contributed by atoms with van der Waals surface area (Å²) >= 11 is 1.73. The van der Waals surface area contributed by atoms with Crippen molar-refractivity contribution in [3.63, 3.8) is 0 Å². The minimum absolute atomic E-state index is 0.0874. The fourth-order valence-electron chi connectivity index (χ4n) is 4.96. The Labute approximate surface area is 167 Å². The van der Waals surface area contributed by atoms with Gasteiger partial charge in [-0.25, -0.2) is 0 Å². The summed E-state index contributed by atoms with van der Waals surface area (Å²) in [4.78, 5) is 17.8. The molecule has 2 fully saturated rings. The van der Waals surface area contributed by atoms with E-state index in [0.29, 0.717) is 0 Å². The molecule has 27 heavy (non-hydrogen) atoms. The van der Waals surface area contributed by atoms with Gasteiger partial charge in [-0.1, -0.05) is 12.8 Å². The number of rotatable bonds is 5. The second-order valence-corrected chi connectivity index (χ2v) is 9.93. The number of thiophene rings is 1. The predicted molar refractivity (Wildman–Crippen MR) is 111 cm³/mol. The van der Waals surface area contributed by atoms with Gasteiger partial charge in [0.15, 0.2) is 0 Å². The summed E-state index contributed by atoms with van der Waals surface area (Å²) in [5, 5.41) is 3.29. The molecule has 1 aromatic rings. The van der Waals surface area contributed by atoms with Gasteiger partial charge in [-0.15, -0.1) is 11.3 Å². The average Bonchev–Trinajstić information content (AvgIpc) is 3.30. The molecule has 1 amide bonds. The number of carbonyl (C=O) groups is 1. The molecule has 0 saturated carbocycles. The van der Waals surface area contributed by atoms with Gasteiger partial charge in [0.05, 0.1) is 11.5 Å². The molecule has 2 aliphatic heterocycles. The van der Waals surface area contributed by atoms with Crippen LogP contribution in [0.15, 0.2) is 6.07 Å². The highest BCUT2D eigenvalue weighted by Crippen LogP contribution is 2.32. The zero-order valence-electron chi connectivity index (χ0n) is 16.6. The summed E-state index contributed by atoms with van der Waals surface area (Å²) in [5.41, 5.74) is 1.52. The standard InChI is InChI=1S/C22H34N2O2S/c25-21(20-14-18-8-3-1-2-4-9-19(18)27-20)23-15-22(10-7-13-26-17-22)16-24-11-5-6-12-24/h14H,1-13,15-17H2,(H,23,25). The molecule has 0 radical (unpaired) electrons. The van der Waals surface area contributed by atoms with E-state index in [2.05, 4.69) is 16.3 Å². The SMILES string of the molecule is O=C(NCC1(CN2CCCC2)CCCOC1)c1cc2c(s1)CCCCCC2. The molecule has 1 N–H and O–H groups in total. The normalized spacial score (nSPS) is 27.0. The first-order valence-corrected chi connectivity index (χ1v) is 11.8. The maximum absolute atomic E-state index is 12.9. The zero-order chi connectivity index (χ0) is 18.5. The molecule has 1 aliphatic carbocycles. The van der Waals surface area contributed by atoms with Crippen molar-refractivity contribution in [2.75, 3.05) is 39.4 Å². The smallest absolute Gasteiger partial charge is 0.261 e. The van der Waals surface area contributed by atoms with Crippen LogP contribution in [0.3, 0.4) is 0 Å². The fraction of sp³-hybridized carbons (Fsp3) is 0.773. The molecule has 0 spiro atoms. The van der Waals surface area contributed by atoms with Crippen LogP contribution in [0.4, 0.5) is 0 Å². The summed E-state index contributed by atoms with van der Waals surface area (Å²) in [5.74, 6) is 0.123. The lowest BCUT2D eigenvalue weighted by Gasteiger charge is -2.40. The van der Waals surface area contributed by atoms with Crippen LogP contribution in [0.5, 0.6) is 0 Å². The summed E-state index contributed by atoms with van der Waals surface area (Å²) in [6, 6.07) is 2.17. The summed E-state index contributed by atoms with van der Waals surface area (Å²) in [7, 11) is 0. The lowest BCUT2D eigenvalue weighted by Crippen LogP contribution is -2.49. The van der Waals surface area contributed by atoms with Crippen molar-refractivity contribution in [3.8, 4) is 0 Å². The Bertz CT molecular complexity index is 605. The van der Waals surface area contributed by atoms with E-state index in [4.69, 9.17) is 4.74 Å². The Kier molecular flexibility index (Phi) is 6.51. The van der Waals surface area contributed by atoms with E-state index in [1.165, 1.54) is 62.1 Å². The van der Waals surface area contributed by atoms with Gasteiger partial charge < -0.3 is 15.0 Å². The molecule has 150 valence electrons. The molecule has 1 atom stereocenters. The number of nitrogens with one attached hydrogen (secondary N) is 1. The molecule has 4 rings (SSSR count). The van der Waals surface area contributed by atoms with Crippen molar-refractivity contribution in [2.45, 2.75) is 64.2 Å². The largest absolute Gasteiger partial charge is 0.381 e. The predicted octanol–water partition coefficient (Wildman–Crippen LogP) is 4.03. The molecular formula is C22H34N2O2S. The number of hydrogen-bond acceptors (Lipinski definition) is 4. The van der Waals surface area contributed by atoms with Gasteiger partial charge in [-0.2, -0.15) is 0 Å². The van der Waals surface area contributed by atoms with Crippen LogP contribution in [-0.2, 0) is 17.6 Å². The topological polar surface area (TPSA) is 41.6 Å². The highest BCUT2D eigenvalue weighted by molar-refractivity contribution is 7.14. The molecule has 2 saturated heterocycles. The third-order valence-corrected chi connectivity index (χ3v) is 7.74. The number of nitrogens with zero attached hydrogens (tertiary/aromatic N) is 1. The van der Waals surface area contributed by atoms with Crippen LogP contribution < -0.4 is 5.32 Å². The van der Waals surface area contributed by atoms with Crippen LogP contribution in [0.25, 0.3) is 0 Å². The van der Waals surface area contributed by atoms with Crippen LogP contribution in [0, 0.1) is 5.41 Å². The van der Waals surface area contributed by atoms with E-state index < -0.39 is 0 Å². The fourth-order valence-corrected chi connectivity index (χ4v) is 6.13. The lowest BCUT2D eigenvalue weighted by atomic mass is 9.81. The number of ether oxygens (including phenoxy) is 1. The molecule has 1 unspecified atom stereocenters. The monoisotopic (exact) mass is 390 g/mol. The highest BCUT2D eigenvalue weighted by Gasteiger charge is 2.36. The third kappa shape index (κ3) is 4.93. The van der Waals surface area contributed by atoms with E-state index in [0.717, 1.165) is 56.9 Å². The van der Waals surface area contributed by atoms with Gasteiger partial charge in [-0.05, 0) is 76.1 Å². The summed E-state index contributed by atoms with van der Waals surface area (Å²) < 4.78 is 5.85. The van der Waals surface area contributed by atoms with E-state index in [9.17, 15) is 4.79 Å². The zero-order valence-corrected chi connectivity index (χ0v) is 17.4. The Morgan fingerprint density at radius 1 is 1.11 bits per heavy atom. The number of aryl methyl sites for hydroxylation is 2. The van der Waals surface area contributed by atoms with Crippen LogP contribution >= 0.6 is 11.3 Å². The van der Waals surface area contributed by atoms with E-state index in [1.807, 2.05) is 0 Å². The van der Waals surface area contributed by atoms with E-state index >= 15 is 0 Å². The van der Waals surface area contributed by atoms with Crippen molar-refractivity contribution in [1.82, 2.24) is 10.2 Å². The Hall–Kier alpha value is -0.910. The molecule has 0 aromatic carbocycles. The van der Waals surface area contributed by atoms with Crippen molar-refractivity contribution < 1.29 is 9.53 Å². The Balaban J connectivity index is 1.39. The van der Waals surface area contributed by atoms with Crippen LogP contribution in [-0.4, -0.2) is 50.2 Å². The quantitative estimate of drug-likeness (QED) is 0.825. The lowest BCUT2D eigenvalue weighted by molar-refractivity contribution is -0.0222. The van der Waals surface area contributed by atoms with Gasteiger partial charge in [0.25, 0.3) is 5.91 Å². The first-order valence-electron chi connectivity index (χ1n) is 10.9. The Morgan fingerprint density at radius 2 is 1.93 bits per heavy atom. The number of amides is 1. The van der Waals surface area contributed by atoms with Crippen LogP contribution in [0.2, 0.25) is 0 Å². The van der Waals surface area contributed by atoms with E-state index in [1.54, 1.807) is 11.3 Å². The molecule has 3 aliphatic rings. The maximum Gasteiger partial charge on any atom is 0.261 e. The van der Waals surface area contributed by atoms with Gasteiger partial charge in [0, 0.05) is 30.0 Å². The van der Waals surface area contributed by atoms with E-state index in [-0.39, 0.29) is 11.3 Å². The number of fused-ring (bicyclic) bond motifs is 1. The summed E-state index contributed by atoms with van der Waals surface area (Å²) in [6.07, 6.45) is 12.4. The molecular weight excluding hydrogens is 356 g/mol. The number of carbonyl (C=O) groups excluding carboxylic acids is 1. The average molecular weight is 391 g/mol. The minimum atomic E-state index is 0.0874. The van der Waals surface area contributed by atoms with Crippen molar-refractivity contribution in [2.24, 2.45) is 5.41 Å². The Morgan fingerprint density at radius 3 is 2.70 bits per heavy atom. The van der Waals surface area contributed by atoms with Crippen LogP contribution in [0.1, 0.15) is 71.5 Å². The maximum atomic E-state index is 12.9. The van der Waals surface area contributed by atoms with Crippen molar-refractivity contribution in [3.05, 3.63) is 21.4 Å². The highest BCUT2D eigenvalue weighted by atomic mass is 32.1. The number of hydrogen-bond donors (Lipinski definition) is 1. The van der Waals surface area contributed by atoms with Gasteiger partial charge in [-0.3, -0.25) is 4.79 Å². The molecule has 0 bridgehead atoms. The first kappa shape index (κ1) is 19.4. The second-order valence-electron chi connectivity index (χ2n) is 8.80. The third-order valence-electron chi connectivity index (χ3n) is 6.51. The van der Waals surface area contributed by atoms with Crippen molar-refractivity contribution in [1.29, 1.82) is 0 Å². The van der Waals surface area contributed by atoms with Crippen molar-refractivity contribution >= 4 is 17.2 Å². The van der Waals surface area contributed by atoms with Gasteiger partial charge in [0.2, 0.25) is 0 Å². The molecule has 3 heterocycles. The molecule has 5 heteroatoms. The second kappa shape index (κ2) is 9.06.